The van der Waals surface area contributed by atoms with Crippen molar-refractivity contribution in [3.8, 4) is 0 Å². The van der Waals surface area contributed by atoms with Crippen LogP contribution in [0.25, 0.3) is 0 Å². The van der Waals surface area contributed by atoms with E-state index in [1.54, 1.807) is 0 Å². The molecule has 0 fully saturated rings. The first-order chi connectivity index (χ1) is 0. The summed E-state index contributed by atoms with van der Waals surface area (Å²) in [6, 6.07) is 0. The molecule has 0 radical (unpaired) electrons. The van der Waals surface area contributed by atoms with Gasteiger partial charge >= 0.3 is 37.7 Å². The van der Waals surface area contributed by atoms with Gasteiger partial charge in [-0.15, -0.1) is 0 Å². The van der Waals surface area contributed by atoms with Crippen LogP contribution < -0.4 is 0 Å². The maximum atomic E-state index is 0. The minimum absolute atomic E-state index is 0. The van der Waals surface area contributed by atoms with Gasteiger partial charge < -0.3 is 21.9 Å². The molecule has 0 aliphatic heterocycles. The van der Waals surface area contributed by atoms with Crippen LogP contribution in [0.5, 0.6) is 0 Å². The normalized spacial score (nSPS) is 0. The van der Waals surface area contributed by atoms with E-state index in [0.29, 0.717) is 0 Å². The van der Waals surface area contributed by atoms with E-state index < -0.39 is 0 Å². The standard InChI is InChI=1S/Ca.2H2O.2O.W/h;2*1H2;;;/q+2;;;2*-2;/p-2. The third kappa shape index (κ3) is 41.5. The minimum Gasteiger partial charge on any atom is -2.00 e. The van der Waals surface area contributed by atoms with Crippen molar-refractivity contribution < 1.29 is 43.0 Å². The van der Waals surface area contributed by atoms with E-state index >= 15 is 0 Å². The molecule has 0 aromatic rings. The third-order valence-corrected chi connectivity index (χ3v) is 0. The third-order valence-electron chi connectivity index (χ3n) is 0. The fourth-order valence-corrected chi connectivity index (χ4v) is 0. The minimum atomic E-state index is 0. The number of hydrogen-bond donors (Lipinski definition) is 0. The molecule has 0 aliphatic rings. The van der Waals surface area contributed by atoms with Gasteiger partial charge in [-0.3, -0.25) is 0 Å². The van der Waals surface area contributed by atoms with E-state index in [2.05, 4.69) is 0 Å². The van der Waals surface area contributed by atoms with E-state index in [0.717, 1.165) is 0 Å². The van der Waals surface area contributed by atoms with Gasteiger partial charge in [0.2, 0.25) is 0 Å². The fourth-order valence-electron chi connectivity index (χ4n) is 0. The molecule has 4 nitrogen and oxygen atoms in total. The van der Waals surface area contributed by atoms with Gasteiger partial charge in [-0.1, -0.05) is 0 Å². The smallest absolute Gasteiger partial charge is 2.00 e. The van der Waals surface area contributed by atoms with Crippen molar-refractivity contribution in [2.24, 2.45) is 0 Å². The summed E-state index contributed by atoms with van der Waals surface area (Å²) in [4.78, 5) is 0. The predicted molar refractivity (Wildman–Crippen MR) is 11.0 cm³/mol. The summed E-state index contributed by atoms with van der Waals surface area (Å²) in [5, 5.41) is 0. The molecular formula is H2CaO4W-4. The van der Waals surface area contributed by atoms with Crippen LogP contribution in [0.4, 0.5) is 0 Å². The number of hydrogen-bond acceptors (Lipinski definition) is 2. The SMILES string of the molecule is [Ca+2].[O-2].[O-2].[OH-].[OH-].[W]. The average Bonchev–Trinajstić information content (AvgIpc) is 0. The summed E-state index contributed by atoms with van der Waals surface area (Å²) in [5.74, 6) is 0. The molecule has 6 heteroatoms. The largest absolute Gasteiger partial charge is 2.00 e. The second-order valence-electron chi connectivity index (χ2n) is 0. The van der Waals surface area contributed by atoms with Gasteiger partial charge in [-0.2, -0.15) is 0 Å². The molecule has 0 heterocycles. The molecule has 0 amide bonds. The molecule has 38 valence electrons. The van der Waals surface area contributed by atoms with E-state index in [-0.39, 0.29) is 80.7 Å². The second kappa shape index (κ2) is 71.1. The predicted octanol–water partition coefficient (Wildman–Crippen LogP) is -0.974. The zero-order chi connectivity index (χ0) is 0. The summed E-state index contributed by atoms with van der Waals surface area (Å²) in [7, 11) is 0. The van der Waals surface area contributed by atoms with Gasteiger partial charge in [0.15, 0.2) is 0 Å². The molecule has 2 N–H and O–H groups in total. The van der Waals surface area contributed by atoms with Crippen molar-refractivity contribution >= 4 is 37.7 Å². The first kappa shape index (κ1) is 112. The van der Waals surface area contributed by atoms with Gasteiger partial charge in [-0.25, -0.2) is 0 Å². The molecule has 0 bridgehead atoms. The van der Waals surface area contributed by atoms with Gasteiger partial charge in [0.05, 0.1) is 0 Å². The van der Waals surface area contributed by atoms with E-state index in [4.69, 9.17) is 0 Å². The van der Waals surface area contributed by atoms with Crippen molar-refractivity contribution in [1.82, 2.24) is 0 Å². The van der Waals surface area contributed by atoms with Crippen LogP contribution in [-0.2, 0) is 32.0 Å². The average molecular weight is 290 g/mol. The van der Waals surface area contributed by atoms with Crippen LogP contribution in [0, 0.1) is 0 Å². The molecule has 0 rings (SSSR count). The molecular weight excluding hydrogens is 288 g/mol. The zero-order valence-electron chi connectivity index (χ0n) is 2.83. The molecule has 0 atom stereocenters. The Kier molecular flexibility index (Phi) is 1330. The molecule has 0 saturated heterocycles. The Morgan fingerprint density at radius 2 is 0.667 bits per heavy atom. The molecule has 0 unspecified atom stereocenters. The molecule has 0 aliphatic carbocycles. The van der Waals surface area contributed by atoms with E-state index in [9.17, 15) is 0 Å². The molecule has 6 heavy (non-hydrogen) atoms. The molecule has 0 spiro atoms. The zero-order valence-corrected chi connectivity index (χ0v) is 7.97. The maximum absolute atomic E-state index is 0. The maximum Gasteiger partial charge on any atom is 2.00 e. The first-order valence-corrected chi connectivity index (χ1v) is 0. The Bertz CT molecular complexity index is 7.51. The van der Waals surface area contributed by atoms with Crippen molar-refractivity contribution in [3.05, 3.63) is 0 Å². The van der Waals surface area contributed by atoms with E-state index in [1.165, 1.54) is 0 Å². The monoisotopic (exact) mass is 290 g/mol. The van der Waals surface area contributed by atoms with Gasteiger partial charge in [-0.05, 0) is 0 Å². The molecule has 0 saturated carbocycles. The summed E-state index contributed by atoms with van der Waals surface area (Å²) in [6.45, 7) is 0. The fraction of sp³-hybridized carbons (Fsp3) is 0. The molecule has 0 aromatic heterocycles. The Morgan fingerprint density at radius 1 is 0.667 bits per heavy atom. The van der Waals surface area contributed by atoms with Crippen LogP contribution in [0.3, 0.4) is 0 Å². The van der Waals surface area contributed by atoms with Crippen molar-refractivity contribution in [1.29, 1.82) is 0 Å². The van der Waals surface area contributed by atoms with Gasteiger partial charge in [0, 0.05) is 21.1 Å². The molecule has 0 aromatic carbocycles. The quantitative estimate of drug-likeness (QED) is 0.533. The Balaban J connectivity index is 0. The number of rotatable bonds is 0. The van der Waals surface area contributed by atoms with E-state index in [1.807, 2.05) is 0 Å². The van der Waals surface area contributed by atoms with Crippen LogP contribution in [0.15, 0.2) is 0 Å². The Morgan fingerprint density at radius 3 is 0.667 bits per heavy atom. The van der Waals surface area contributed by atoms with Crippen molar-refractivity contribution in [2.45, 2.75) is 0 Å². The van der Waals surface area contributed by atoms with Crippen LogP contribution in [0.2, 0.25) is 0 Å². The van der Waals surface area contributed by atoms with Crippen LogP contribution in [-0.4, -0.2) is 48.7 Å². The van der Waals surface area contributed by atoms with Gasteiger partial charge in [0.25, 0.3) is 0 Å². The van der Waals surface area contributed by atoms with Gasteiger partial charge in [0.1, 0.15) is 0 Å². The van der Waals surface area contributed by atoms with Crippen molar-refractivity contribution in [2.75, 3.05) is 0 Å². The summed E-state index contributed by atoms with van der Waals surface area (Å²) >= 11 is 0. The Hall–Kier alpha value is 1.79. The summed E-state index contributed by atoms with van der Waals surface area (Å²) in [5.41, 5.74) is 0. The van der Waals surface area contributed by atoms with Crippen LogP contribution >= 0.6 is 0 Å². The summed E-state index contributed by atoms with van der Waals surface area (Å²) in [6.07, 6.45) is 0. The van der Waals surface area contributed by atoms with Crippen molar-refractivity contribution in [3.63, 3.8) is 0 Å². The Labute approximate surface area is 79.8 Å². The van der Waals surface area contributed by atoms with Crippen LogP contribution in [0.1, 0.15) is 0 Å². The first-order valence-electron chi connectivity index (χ1n) is 0. The summed E-state index contributed by atoms with van der Waals surface area (Å²) < 4.78 is 0. The second-order valence-corrected chi connectivity index (χ2v) is 0. The topological polar surface area (TPSA) is 117 Å².